The van der Waals surface area contributed by atoms with Crippen molar-refractivity contribution in [2.45, 2.75) is 38.4 Å². The van der Waals surface area contributed by atoms with Crippen molar-refractivity contribution in [3.05, 3.63) is 94.5 Å². The van der Waals surface area contributed by atoms with E-state index in [0.29, 0.717) is 11.1 Å². The topological polar surface area (TPSA) is 66.4 Å². The molecule has 1 N–H and O–H groups in total. The Morgan fingerprint density at radius 1 is 0.732 bits per heavy atom. The number of hydrogen-bond donors (Lipinski definition) is 1. The molecular formula is C35H32O6. The fourth-order valence-electron chi connectivity index (χ4n) is 6.77. The third-order valence-corrected chi connectivity index (χ3v) is 8.39. The Kier molecular flexibility index (Phi) is 5.72. The summed E-state index contributed by atoms with van der Waals surface area (Å²) < 4.78 is 30.0. The van der Waals surface area contributed by atoms with Gasteiger partial charge in [0.05, 0.1) is 32.1 Å². The van der Waals surface area contributed by atoms with Crippen LogP contribution in [0, 0.1) is 0 Å². The second kappa shape index (κ2) is 9.23. The summed E-state index contributed by atoms with van der Waals surface area (Å²) in [4.78, 5) is 0. The maximum absolute atomic E-state index is 11.3. The van der Waals surface area contributed by atoms with Crippen LogP contribution in [-0.4, -0.2) is 32.2 Å². The van der Waals surface area contributed by atoms with Gasteiger partial charge in [0, 0.05) is 25.8 Å². The van der Waals surface area contributed by atoms with Crippen LogP contribution < -0.4 is 23.7 Å². The third-order valence-electron chi connectivity index (χ3n) is 8.39. The van der Waals surface area contributed by atoms with Crippen molar-refractivity contribution in [3.8, 4) is 34.5 Å². The Bertz CT molecular complexity index is 1840. The lowest BCUT2D eigenvalue weighted by molar-refractivity contribution is -0.0861. The summed E-state index contributed by atoms with van der Waals surface area (Å²) in [6.45, 7) is 3.84. The Hall–Kier alpha value is -4.58. The summed E-state index contributed by atoms with van der Waals surface area (Å²) in [7, 11) is 5.02. The van der Waals surface area contributed by atoms with E-state index in [4.69, 9.17) is 23.7 Å². The van der Waals surface area contributed by atoms with Crippen LogP contribution in [0.15, 0.2) is 66.7 Å². The zero-order valence-electron chi connectivity index (χ0n) is 23.8. The smallest absolute Gasteiger partial charge is 0.245 e. The Morgan fingerprint density at radius 2 is 1.46 bits per heavy atom. The van der Waals surface area contributed by atoms with Gasteiger partial charge in [-0.3, -0.25) is 0 Å². The Labute approximate surface area is 239 Å². The van der Waals surface area contributed by atoms with Gasteiger partial charge in [-0.25, -0.2) is 0 Å². The molecule has 1 heterocycles. The number of aryl methyl sites for hydroxylation is 1. The van der Waals surface area contributed by atoms with Gasteiger partial charge < -0.3 is 28.8 Å². The molecule has 0 radical (unpaired) electrons. The minimum atomic E-state index is -0.769. The molecule has 41 heavy (non-hydrogen) atoms. The summed E-state index contributed by atoms with van der Waals surface area (Å²) in [5, 5.41) is 14.9. The molecule has 0 saturated heterocycles. The van der Waals surface area contributed by atoms with Crippen LogP contribution >= 0.6 is 0 Å². The molecule has 1 atom stereocenters. The number of aromatic hydroxyl groups is 1. The highest BCUT2D eigenvalue weighted by molar-refractivity contribution is 6.01. The molecule has 1 aliphatic heterocycles. The fourth-order valence-corrected chi connectivity index (χ4v) is 6.77. The monoisotopic (exact) mass is 548 g/mol. The quantitative estimate of drug-likeness (QED) is 0.251. The largest absolute Gasteiger partial charge is 0.507 e. The molecule has 0 spiro atoms. The number of methoxy groups -OCH3 is 3. The number of phenols is 1. The predicted octanol–water partition coefficient (Wildman–Crippen LogP) is 7.51. The van der Waals surface area contributed by atoms with Crippen LogP contribution in [0.5, 0.6) is 34.5 Å². The number of hydrogen-bond acceptors (Lipinski definition) is 6. The van der Waals surface area contributed by atoms with E-state index in [1.807, 2.05) is 50.2 Å². The normalized spacial score (nSPS) is 16.7. The summed E-state index contributed by atoms with van der Waals surface area (Å²) >= 11 is 0. The lowest BCUT2D eigenvalue weighted by Crippen LogP contribution is -2.37. The standard InChI is InChI=1S/C35H32O6/c1-35(2)40-28-11-6-8-22-23(14-15-29(41-35)34(22)28)32-25-17-20(37-3)18-30(39-5)21(25)13-12-19-16-26(36)33-24(31(19)32)9-7-10-27(33)38-4/h6-11,14-18,32,36H,12-13H2,1-5H3. The zero-order chi connectivity index (χ0) is 28.5. The molecule has 6 heteroatoms. The second-order valence-corrected chi connectivity index (χ2v) is 11.1. The van der Waals surface area contributed by atoms with Crippen molar-refractivity contribution in [2.75, 3.05) is 21.3 Å². The van der Waals surface area contributed by atoms with Gasteiger partial charge in [0.15, 0.2) is 0 Å². The molecule has 2 aliphatic rings. The first-order valence-corrected chi connectivity index (χ1v) is 13.8. The van der Waals surface area contributed by atoms with Crippen LogP contribution in [0.3, 0.4) is 0 Å². The molecule has 6 nitrogen and oxygen atoms in total. The molecule has 1 unspecified atom stereocenters. The Morgan fingerprint density at radius 3 is 2.22 bits per heavy atom. The van der Waals surface area contributed by atoms with E-state index in [0.717, 1.165) is 79.8 Å². The van der Waals surface area contributed by atoms with Crippen LogP contribution in [-0.2, 0) is 12.8 Å². The van der Waals surface area contributed by atoms with Crippen molar-refractivity contribution >= 4 is 21.5 Å². The molecular weight excluding hydrogens is 516 g/mol. The molecule has 1 aliphatic carbocycles. The van der Waals surface area contributed by atoms with E-state index < -0.39 is 5.79 Å². The third kappa shape index (κ3) is 3.85. The molecule has 0 fully saturated rings. The molecule has 0 bridgehead atoms. The maximum Gasteiger partial charge on any atom is 0.245 e. The number of fused-ring (bicyclic) bond motifs is 4. The van der Waals surface area contributed by atoms with E-state index in [2.05, 4.69) is 30.3 Å². The van der Waals surface area contributed by atoms with Gasteiger partial charge in [0.2, 0.25) is 5.79 Å². The first-order valence-electron chi connectivity index (χ1n) is 13.8. The number of benzene rings is 5. The first kappa shape index (κ1) is 25.4. The van der Waals surface area contributed by atoms with Gasteiger partial charge in [-0.2, -0.15) is 0 Å². The van der Waals surface area contributed by atoms with Gasteiger partial charge >= 0.3 is 0 Å². The lowest BCUT2D eigenvalue weighted by atomic mass is 9.78. The number of phenolic OH excluding ortho intramolecular Hbond substituents is 1. The molecule has 0 aromatic heterocycles. The van der Waals surface area contributed by atoms with E-state index in [-0.39, 0.29) is 11.7 Å². The maximum atomic E-state index is 11.3. The van der Waals surface area contributed by atoms with Crippen LogP contribution in [0.1, 0.15) is 47.6 Å². The molecule has 208 valence electrons. The van der Waals surface area contributed by atoms with Gasteiger partial charge in [-0.1, -0.05) is 30.3 Å². The van der Waals surface area contributed by atoms with Crippen molar-refractivity contribution in [3.63, 3.8) is 0 Å². The van der Waals surface area contributed by atoms with E-state index >= 15 is 0 Å². The number of rotatable bonds is 4. The first-order chi connectivity index (χ1) is 19.8. The SMILES string of the molecule is COc1cc(OC)c2c(c1)C(c1ccc3c4c(cccc14)OC(C)(C)O3)c1c(cc(O)c3c(OC)cccc13)CC2. The summed E-state index contributed by atoms with van der Waals surface area (Å²) in [5.41, 5.74) is 5.55. The summed E-state index contributed by atoms with van der Waals surface area (Å²) in [5.74, 6) is 2.98. The molecule has 7 rings (SSSR count). The highest BCUT2D eigenvalue weighted by Crippen LogP contribution is 2.52. The average Bonchev–Trinajstić information content (AvgIpc) is 3.13. The van der Waals surface area contributed by atoms with Crippen molar-refractivity contribution in [2.24, 2.45) is 0 Å². The van der Waals surface area contributed by atoms with Gasteiger partial charge in [0.25, 0.3) is 0 Å². The van der Waals surface area contributed by atoms with E-state index in [1.54, 1.807) is 21.3 Å². The summed E-state index contributed by atoms with van der Waals surface area (Å²) in [6.07, 6.45) is 1.49. The highest BCUT2D eigenvalue weighted by Gasteiger charge is 2.35. The Balaban J connectivity index is 1.62. The van der Waals surface area contributed by atoms with E-state index in [9.17, 15) is 5.11 Å². The fraction of sp³-hybridized carbons (Fsp3) is 0.257. The lowest BCUT2D eigenvalue weighted by Gasteiger charge is -2.34. The number of ether oxygens (including phenoxy) is 5. The average molecular weight is 549 g/mol. The minimum absolute atomic E-state index is 0.207. The minimum Gasteiger partial charge on any atom is -0.507 e. The van der Waals surface area contributed by atoms with Crippen LogP contribution in [0.25, 0.3) is 21.5 Å². The van der Waals surface area contributed by atoms with Crippen molar-refractivity contribution in [1.29, 1.82) is 0 Å². The highest BCUT2D eigenvalue weighted by atomic mass is 16.7. The molecule has 5 aromatic carbocycles. The molecule has 5 aromatic rings. The van der Waals surface area contributed by atoms with Crippen LogP contribution in [0.2, 0.25) is 0 Å². The van der Waals surface area contributed by atoms with Crippen molar-refractivity contribution < 1.29 is 28.8 Å². The van der Waals surface area contributed by atoms with Gasteiger partial charge in [-0.05, 0) is 81.8 Å². The predicted molar refractivity (Wildman–Crippen MR) is 159 cm³/mol. The van der Waals surface area contributed by atoms with Gasteiger partial charge in [-0.15, -0.1) is 0 Å². The molecule has 0 saturated carbocycles. The van der Waals surface area contributed by atoms with Crippen LogP contribution in [0.4, 0.5) is 0 Å². The second-order valence-electron chi connectivity index (χ2n) is 11.1. The van der Waals surface area contributed by atoms with E-state index in [1.165, 1.54) is 0 Å². The zero-order valence-corrected chi connectivity index (χ0v) is 23.8. The van der Waals surface area contributed by atoms with Crippen molar-refractivity contribution in [1.82, 2.24) is 0 Å². The molecule has 0 amide bonds. The van der Waals surface area contributed by atoms with Gasteiger partial charge in [0.1, 0.15) is 34.5 Å². The summed E-state index contributed by atoms with van der Waals surface area (Å²) in [6, 6.07) is 22.3.